The summed E-state index contributed by atoms with van der Waals surface area (Å²) in [5, 5.41) is 20.8. The highest BCUT2D eigenvalue weighted by Crippen LogP contribution is 2.22. The van der Waals surface area contributed by atoms with Crippen molar-refractivity contribution in [3.05, 3.63) is 36.0 Å². The van der Waals surface area contributed by atoms with Gasteiger partial charge >= 0.3 is 17.9 Å². The van der Waals surface area contributed by atoms with Gasteiger partial charge in [-0.1, -0.05) is 12.1 Å². The van der Waals surface area contributed by atoms with Crippen molar-refractivity contribution in [3.63, 3.8) is 0 Å². The molecular formula is C13H11N3O5. The van der Waals surface area contributed by atoms with E-state index in [1.54, 1.807) is 24.3 Å². The Balaban J connectivity index is 2.48. The van der Waals surface area contributed by atoms with E-state index in [1.807, 2.05) is 0 Å². The second-order valence-electron chi connectivity index (χ2n) is 3.89. The predicted octanol–water partition coefficient (Wildman–Crippen LogP) is 1.10. The molecule has 0 aliphatic carbocycles. The summed E-state index contributed by atoms with van der Waals surface area (Å²) in [4.78, 5) is 29.8. The third-order valence-corrected chi connectivity index (χ3v) is 2.58. The van der Waals surface area contributed by atoms with Crippen molar-refractivity contribution in [2.75, 3.05) is 12.4 Å². The Kier molecular flexibility index (Phi) is 3.98. The number of rotatable bonds is 5. The van der Waals surface area contributed by atoms with Crippen molar-refractivity contribution in [1.29, 1.82) is 0 Å². The number of hydrogen-bond donors (Lipinski definition) is 3. The van der Waals surface area contributed by atoms with Crippen molar-refractivity contribution in [2.24, 2.45) is 0 Å². The molecular weight excluding hydrogens is 278 g/mol. The molecule has 0 atom stereocenters. The van der Waals surface area contributed by atoms with Gasteiger partial charge in [0.25, 0.3) is 0 Å². The highest BCUT2D eigenvalue weighted by atomic mass is 16.5. The summed E-state index contributed by atoms with van der Waals surface area (Å²) >= 11 is 0. The highest BCUT2D eigenvalue weighted by molar-refractivity contribution is 6.12. The fraction of sp³-hybridized carbons (Fsp3) is 0.0769. The van der Waals surface area contributed by atoms with Crippen LogP contribution in [0.5, 0.6) is 6.01 Å². The Morgan fingerprint density at radius 1 is 1.19 bits per heavy atom. The van der Waals surface area contributed by atoms with Gasteiger partial charge in [0, 0.05) is 11.6 Å². The van der Waals surface area contributed by atoms with E-state index >= 15 is 0 Å². The Morgan fingerprint density at radius 3 is 2.48 bits per heavy atom. The molecule has 0 amide bonds. The number of benzene rings is 1. The molecule has 3 N–H and O–H groups in total. The number of nitrogens with zero attached hydrogens (tertiary/aromatic N) is 2. The minimum atomic E-state index is -1.56. The van der Waals surface area contributed by atoms with Crippen molar-refractivity contribution >= 4 is 28.7 Å². The van der Waals surface area contributed by atoms with E-state index in [1.165, 1.54) is 7.11 Å². The van der Waals surface area contributed by atoms with Crippen LogP contribution in [0.15, 0.2) is 36.0 Å². The largest absolute Gasteiger partial charge is 0.477 e. The molecule has 8 nitrogen and oxygen atoms in total. The number of anilines is 1. The van der Waals surface area contributed by atoms with Gasteiger partial charge in [0.05, 0.1) is 12.6 Å². The summed E-state index contributed by atoms with van der Waals surface area (Å²) < 4.78 is 4.95. The monoisotopic (exact) mass is 289 g/mol. The van der Waals surface area contributed by atoms with Crippen LogP contribution in [0.1, 0.15) is 0 Å². The smallest absolute Gasteiger partial charge is 0.344 e. The van der Waals surface area contributed by atoms with Gasteiger partial charge in [-0.25, -0.2) is 9.59 Å². The van der Waals surface area contributed by atoms with Crippen LogP contribution in [0.2, 0.25) is 0 Å². The number of methoxy groups -OCH3 is 1. The Hall–Kier alpha value is -3.16. The molecule has 0 unspecified atom stereocenters. The summed E-state index contributed by atoms with van der Waals surface area (Å²) in [6.45, 7) is 0. The average molecular weight is 289 g/mol. The van der Waals surface area contributed by atoms with Gasteiger partial charge < -0.3 is 20.3 Å². The maximum atomic E-state index is 10.8. The Morgan fingerprint density at radius 2 is 1.86 bits per heavy atom. The Bertz CT molecular complexity index is 726. The number of carboxylic acids is 2. The number of fused-ring (bicyclic) bond motifs is 1. The lowest BCUT2D eigenvalue weighted by atomic mass is 10.2. The molecule has 1 aromatic heterocycles. The SMILES string of the molecule is COc1nc(NC=C(C(=O)O)C(=O)O)c2ccccc2n1. The summed E-state index contributed by atoms with van der Waals surface area (Å²) in [6.07, 6.45) is 0.860. The van der Waals surface area contributed by atoms with Crippen LogP contribution in [0.3, 0.4) is 0 Å². The van der Waals surface area contributed by atoms with Gasteiger partial charge in [-0.3, -0.25) is 0 Å². The van der Waals surface area contributed by atoms with E-state index in [-0.39, 0.29) is 11.8 Å². The summed E-state index contributed by atoms with van der Waals surface area (Å²) in [5.74, 6) is -2.86. The van der Waals surface area contributed by atoms with Gasteiger partial charge in [0.1, 0.15) is 5.82 Å². The molecule has 8 heteroatoms. The van der Waals surface area contributed by atoms with Gasteiger partial charge in [-0.15, -0.1) is 0 Å². The predicted molar refractivity (Wildman–Crippen MR) is 73.1 cm³/mol. The van der Waals surface area contributed by atoms with E-state index in [0.717, 1.165) is 6.20 Å². The number of para-hydroxylation sites is 1. The molecule has 2 rings (SSSR count). The lowest BCUT2D eigenvalue weighted by Crippen LogP contribution is -2.13. The van der Waals surface area contributed by atoms with Crippen LogP contribution in [0.25, 0.3) is 10.9 Å². The normalized spacial score (nSPS) is 9.95. The molecule has 0 aliphatic heterocycles. The lowest BCUT2D eigenvalue weighted by Gasteiger charge is -2.07. The van der Waals surface area contributed by atoms with E-state index in [4.69, 9.17) is 14.9 Å². The first-order valence-corrected chi connectivity index (χ1v) is 5.77. The fourth-order valence-corrected chi connectivity index (χ4v) is 1.61. The van der Waals surface area contributed by atoms with Crippen LogP contribution < -0.4 is 10.1 Å². The second-order valence-corrected chi connectivity index (χ2v) is 3.89. The van der Waals surface area contributed by atoms with Gasteiger partial charge in [-0.05, 0) is 12.1 Å². The topological polar surface area (TPSA) is 122 Å². The fourth-order valence-electron chi connectivity index (χ4n) is 1.61. The number of aliphatic carboxylic acids is 2. The Labute approximate surface area is 118 Å². The minimum absolute atomic E-state index is 0.0804. The van der Waals surface area contributed by atoms with Crippen molar-refractivity contribution in [2.45, 2.75) is 0 Å². The molecule has 1 aromatic carbocycles. The molecule has 2 aromatic rings. The quantitative estimate of drug-likeness (QED) is 0.425. The van der Waals surface area contributed by atoms with E-state index in [0.29, 0.717) is 10.9 Å². The average Bonchev–Trinajstić information content (AvgIpc) is 2.46. The van der Waals surface area contributed by atoms with Crippen molar-refractivity contribution < 1.29 is 24.5 Å². The molecule has 0 saturated carbocycles. The number of carbonyl (C=O) groups is 2. The van der Waals surface area contributed by atoms with Crippen LogP contribution in [-0.2, 0) is 9.59 Å². The number of carboxylic acid groups (broad SMARTS) is 2. The molecule has 0 bridgehead atoms. The van der Waals surface area contributed by atoms with Crippen LogP contribution in [0, 0.1) is 0 Å². The maximum absolute atomic E-state index is 10.8. The number of nitrogens with one attached hydrogen (secondary N) is 1. The zero-order chi connectivity index (χ0) is 15.4. The molecule has 0 saturated heterocycles. The van der Waals surface area contributed by atoms with E-state index in [2.05, 4.69) is 15.3 Å². The third kappa shape index (κ3) is 3.06. The standard InChI is InChI=1S/C13H11N3O5/c1-21-13-15-9-5-3-2-4-7(9)10(16-13)14-6-8(11(17)18)12(19)20/h2-6H,1H3,(H,17,18)(H,19,20)(H,14,15,16). The van der Waals surface area contributed by atoms with Gasteiger partial charge in [0.2, 0.25) is 0 Å². The number of ether oxygens (including phenoxy) is 1. The van der Waals surface area contributed by atoms with Crippen molar-refractivity contribution in [3.8, 4) is 6.01 Å². The van der Waals surface area contributed by atoms with Crippen molar-refractivity contribution in [1.82, 2.24) is 9.97 Å². The molecule has 0 radical (unpaired) electrons. The molecule has 0 spiro atoms. The summed E-state index contributed by atoms with van der Waals surface area (Å²) in [5.41, 5.74) is -0.232. The highest BCUT2D eigenvalue weighted by Gasteiger charge is 2.16. The summed E-state index contributed by atoms with van der Waals surface area (Å²) in [6, 6.07) is 7.05. The van der Waals surface area contributed by atoms with Crippen LogP contribution in [-0.4, -0.2) is 39.2 Å². The zero-order valence-electron chi connectivity index (χ0n) is 10.9. The molecule has 0 aliphatic rings. The van der Waals surface area contributed by atoms with Gasteiger partial charge in [0.15, 0.2) is 5.57 Å². The first kappa shape index (κ1) is 14.3. The van der Waals surface area contributed by atoms with E-state index in [9.17, 15) is 9.59 Å². The van der Waals surface area contributed by atoms with Crippen LogP contribution >= 0.6 is 0 Å². The molecule has 1 heterocycles. The summed E-state index contributed by atoms with van der Waals surface area (Å²) in [7, 11) is 1.39. The van der Waals surface area contributed by atoms with Crippen LogP contribution in [0.4, 0.5) is 5.82 Å². The minimum Gasteiger partial charge on any atom is -0.477 e. The first-order chi connectivity index (χ1) is 10.0. The second kappa shape index (κ2) is 5.87. The van der Waals surface area contributed by atoms with Gasteiger partial charge in [-0.2, -0.15) is 9.97 Å². The first-order valence-electron chi connectivity index (χ1n) is 5.77. The lowest BCUT2D eigenvalue weighted by molar-refractivity contribution is -0.140. The molecule has 21 heavy (non-hydrogen) atoms. The van der Waals surface area contributed by atoms with E-state index < -0.39 is 17.5 Å². The maximum Gasteiger partial charge on any atom is 0.344 e. The zero-order valence-corrected chi connectivity index (χ0v) is 10.9. The molecule has 0 fully saturated rings. The number of hydrogen-bond acceptors (Lipinski definition) is 6. The third-order valence-electron chi connectivity index (χ3n) is 2.58. The molecule has 108 valence electrons. The number of aromatic nitrogens is 2.